The number of ketones is 2. The summed E-state index contributed by atoms with van der Waals surface area (Å²) in [7, 11) is 0. The fourth-order valence-electron chi connectivity index (χ4n) is 1.77. The van der Waals surface area contributed by atoms with Gasteiger partial charge in [-0.05, 0) is 24.3 Å². The highest BCUT2D eigenvalue weighted by Crippen LogP contribution is 2.14. The van der Waals surface area contributed by atoms with Crippen LogP contribution in [0.5, 0.6) is 5.75 Å². The summed E-state index contributed by atoms with van der Waals surface area (Å²) in [5.74, 6) is 0.340. The minimum Gasteiger partial charge on any atom is -0.491 e. The molecule has 0 aliphatic rings. The lowest BCUT2D eigenvalue weighted by Gasteiger charge is -2.15. The van der Waals surface area contributed by atoms with E-state index in [0.29, 0.717) is 30.3 Å². The Labute approximate surface area is 131 Å². The Morgan fingerprint density at radius 2 is 1.86 bits per heavy atom. The van der Waals surface area contributed by atoms with Gasteiger partial charge in [-0.25, -0.2) is 0 Å². The molecule has 0 aliphatic heterocycles. The van der Waals surface area contributed by atoms with Crippen LogP contribution in [0.4, 0.5) is 0 Å². The average molecular weight is 307 g/mol. The van der Waals surface area contributed by atoms with E-state index in [1.165, 1.54) is 0 Å². The van der Waals surface area contributed by atoms with Gasteiger partial charge >= 0.3 is 0 Å². The molecule has 1 unspecified atom stereocenters. The molecule has 1 aromatic rings. The van der Waals surface area contributed by atoms with Crippen LogP contribution < -0.4 is 10.1 Å². The van der Waals surface area contributed by atoms with Crippen molar-refractivity contribution in [2.45, 2.75) is 45.8 Å². The fraction of sp³-hybridized carbons (Fsp3) is 0.529. The summed E-state index contributed by atoms with van der Waals surface area (Å²) in [5.41, 5.74) is 0.496. The number of nitrogens with one attached hydrogen (secondary N) is 1. The van der Waals surface area contributed by atoms with Crippen LogP contribution in [0.2, 0.25) is 0 Å². The Hall–Kier alpha value is -1.72. The molecule has 0 bridgehead atoms. The van der Waals surface area contributed by atoms with Crippen molar-refractivity contribution < 1.29 is 19.4 Å². The fourth-order valence-corrected chi connectivity index (χ4v) is 1.77. The van der Waals surface area contributed by atoms with Gasteiger partial charge < -0.3 is 15.2 Å². The third-order valence-corrected chi connectivity index (χ3v) is 3.13. The maximum absolute atomic E-state index is 11.8. The van der Waals surface area contributed by atoms with Gasteiger partial charge in [0.05, 0.1) is 6.42 Å². The van der Waals surface area contributed by atoms with Crippen molar-refractivity contribution in [1.29, 1.82) is 0 Å². The second-order valence-corrected chi connectivity index (χ2v) is 5.54. The molecule has 0 fully saturated rings. The van der Waals surface area contributed by atoms with Gasteiger partial charge in [-0.2, -0.15) is 0 Å². The molecule has 0 saturated heterocycles. The number of carbonyl (C=O) groups excluding carboxylic acids is 2. The number of aliphatic hydroxyl groups is 1. The molecule has 1 atom stereocenters. The van der Waals surface area contributed by atoms with Gasteiger partial charge in [0.2, 0.25) is 0 Å². The van der Waals surface area contributed by atoms with E-state index in [2.05, 4.69) is 5.32 Å². The number of rotatable bonds is 10. The van der Waals surface area contributed by atoms with Crippen LogP contribution in [-0.2, 0) is 4.79 Å². The first-order chi connectivity index (χ1) is 10.4. The summed E-state index contributed by atoms with van der Waals surface area (Å²) in [6.45, 7) is 6.40. The molecule has 0 saturated carbocycles. The number of Topliss-reactive ketones (excluding diaryl/α,β-unsaturated/α-hetero) is 2. The molecule has 5 nitrogen and oxygen atoms in total. The number of hydrogen-bond acceptors (Lipinski definition) is 5. The molecule has 0 aliphatic carbocycles. The van der Waals surface area contributed by atoms with Crippen molar-refractivity contribution in [3.05, 3.63) is 29.8 Å². The summed E-state index contributed by atoms with van der Waals surface area (Å²) in [5, 5.41) is 12.9. The molecule has 1 aromatic carbocycles. The number of hydrogen-bond donors (Lipinski definition) is 2. The first kappa shape index (κ1) is 18.3. The van der Waals surface area contributed by atoms with Crippen molar-refractivity contribution in [3.63, 3.8) is 0 Å². The molecule has 5 heteroatoms. The number of carbonyl (C=O) groups is 2. The van der Waals surface area contributed by atoms with Crippen molar-refractivity contribution >= 4 is 11.6 Å². The van der Waals surface area contributed by atoms with E-state index in [0.717, 1.165) is 0 Å². The van der Waals surface area contributed by atoms with Gasteiger partial charge in [0.15, 0.2) is 5.78 Å². The summed E-state index contributed by atoms with van der Waals surface area (Å²) in [6, 6.07) is 6.93. The topological polar surface area (TPSA) is 75.6 Å². The van der Waals surface area contributed by atoms with Crippen molar-refractivity contribution in [2.75, 3.05) is 13.2 Å². The van der Waals surface area contributed by atoms with Gasteiger partial charge in [0, 0.05) is 24.6 Å². The Morgan fingerprint density at radius 1 is 1.23 bits per heavy atom. The van der Waals surface area contributed by atoms with E-state index in [1.54, 1.807) is 31.2 Å². The maximum atomic E-state index is 11.8. The summed E-state index contributed by atoms with van der Waals surface area (Å²) in [4.78, 5) is 23.1. The molecule has 0 radical (unpaired) electrons. The van der Waals surface area contributed by atoms with Crippen LogP contribution in [0, 0.1) is 0 Å². The first-order valence-corrected chi connectivity index (χ1v) is 7.61. The third kappa shape index (κ3) is 6.83. The Balaban J connectivity index is 2.44. The Bertz CT molecular complexity index is 482. The SMILES string of the molecule is CCC(=O)CC(=O)c1ccc(OCC(O)CNC(C)C)cc1. The maximum Gasteiger partial charge on any atom is 0.170 e. The zero-order valence-electron chi connectivity index (χ0n) is 13.5. The van der Waals surface area contributed by atoms with Crippen LogP contribution in [0.3, 0.4) is 0 Å². The molecule has 122 valence electrons. The van der Waals surface area contributed by atoms with Gasteiger partial charge in [0.25, 0.3) is 0 Å². The highest BCUT2D eigenvalue weighted by molar-refractivity contribution is 6.07. The lowest BCUT2D eigenvalue weighted by Crippen LogP contribution is -2.35. The van der Waals surface area contributed by atoms with Crippen LogP contribution >= 0.6 is 0 Å². The number of aliphatic hydroxyl groups excluding tert-OH is 1. The van der Waals surface area contributed by atoms with E-state index in [9.17, 15) is 14.7 Å². The molecule has 22 heavy (non-hydrogen) atoms. The van der Waals surface area contributed by atoms with Crippen LogP contribution in [0.25, 0.3) is 0 Å². The molecular weight excluding hydrogens is 282 g/mol. The molecular formula is C17H25NO4. The Kier molecular flexibility index (Phi) is 7.77. The van der Waals surface area contributed by atoms with E-state index < -0.39 is 6.10 Å². The van der Waals surface area contributed by atoms with Gasteiger partial charge in [-0.1, -0.05) is 20.8 Å². The monoisotopic (exact) mass is 307 g/mol. The highest BCUT2D eigenvalue weighted by Gasteiger charge is 2.11. The van der Waals surface area contributed by atoms with Crippen LogP contribution in [0.1, 0.15) is 44.0 Å². The van der Waals surface area contributed by atoms with E-state index in [1.807, 2.05) is 13.8 Å². The summed E-state index contributed by atoms with van der Waals surface area (Å²) < 4.78 is 5.47. The van der Waals surface area contributed by atoms with E-state index >= 15 is 0 Å². The zero-order chi connectivity index (χ0) is 16.5. The van der Waals surface area contributed by atoms with Gasteiger partial charge in [0.1, 0.15) is 24.2 Å². The highest BCUT2D eigenvalue weighted by atomic mass is 16.5. The average Bonchev–Trinajstić information content (AvgIpc) is 2.51. The van der Waals surface area contributed by atoms with Crippen LogP contribution in [0.15, 0.2) is 24.3 Å². The van der Waals surface area contributed by atoms with Crippen molar-refractivity contribution in [2.24, 2.45) is 0 Å². The van der Waals surface area contributed by atoms with Crippen molar-refractivity contribution in [3.8, 4) is 5.75 Å². The lowest BCUT2D eigenvalue weighted by molar-refractivity contribution is -0.117. The van der Waals surface area contributed by atoms with E-state index in [-0.39, 0.29) is 24.6 Å². The minimum absolute atomic E-state index is 0.0592. The summed E-state index contributed by atoms with van der Waals surface area (Å²) in [6.07, 6.45) is -0.281. The second-order valence-electron chi connectivity index (χ2n) is 5.54. The predicted molar refractivity (Wildman–Crippen MR) is 85.3 cm³/mol. The van der Waals surface area contributed by atoms with Crippen LogP contribution in [-0.4, -0.2) is 42.0 Å². The smallest absolute Gasteiger partial charge is 0.170 e. The Morgan fingerprint density at radius 3 is 2.41 bits per heavy atom. The lowest BCUT2D eigenvalue weighted by atomic mass is 10.1. The van der Waals surface area contributed by atoms with Gasteiger partial charge in [-0.3, -0.25) is 9.59 Å². The quantitative estimate of drug-likeness (QED) is 0.510. The molecule has 2 N–H and O–H groups in total. The normalized spacial score (nSPS) is 12.2. The molecule has 0 amide bonds. The number of ether oxygens (including phenoxy) is 1. The summed E-state index contributed by atoms with van der Waals surface area (Å²) >= 11 is 0. The second kappa shape index (κ2) is 9.33. The molecule has 0 aromatic heterocycles. The van der Waals surface area contributed by atoms with Gasteiger partial charge in [-0.15, -0.1) is 0 Å². The third-order valence-electron chi connectivity index (χ3n) is 3.13. The largest absolute Gasteiger partial charge is 0.491 e. The predicted octanol–water partition coefficient (Wildman–Crippen LogP) is 1.98. The molecule has 0 spiro atoms. The van der Waals surface area contributed by atoms with E-state index in [4.69, 9.17) is 4.74 Å². The standard InChI is InChI=1S/C17H25NO4/c1-4-14(19)9-17(21)13-5-7-16(8-6-13)22-11-15(20)10-18-12(2)3/h5-8,12,15,18,20H,4,9-11H2,1-3H3. The first-order valence-electron chi connectivity index (χ1n) is 7.61. The minimum atomic E-state index is -0.592. The molecule has 1 rings (SSSR count). The number of benzene rings is 1. The zero-order valence-corrected chi connectivity index (χ0v) is 13.5. The van der Waals surface area contributed by atoms with Crippen molar-refractivity contribution in [1.82, 2.24) is 5.32 Å². The molecule has 0 heterocycles.